The van der Waals surface area contributed by atoms with Gasteiger partial charge in [-0.15, -0.1) is 0 Å². The minimum atomic E-state index is -3.97. The highest BCUT2D eigenvalue weighted by molar-refractivity contribution is 7.92. The molecule has 0 unspecified atom stereocenters. The number of benzene rings is 2. The molecule has 2 aromatic carbocycles. The van der Waals surface area contributed by atoms with Crippen LogP contribution in [-0.2, 0) is 20.0 Å². The van der Waals surface area contributed by atoms with Crippen molar-refractivity contribution in [3.63, 3.8) is 0 Å². The summed E-state index contributed by atoms with van der Waals surface area (Å²) >= 11 is 0. The Balaban J connectivity index is 1.63. The van der Waals surface area contributed by atoms with E-state index in [4.69, 9.17) is 4.42 Å². The van der Waals surface area contributed by atoms with Crippen LogP contribution in [0.15, 0.2) is 73.6 Å². The average Bonchev–Trinajstić information content (AvgIpc) is 3.44. The lowest BCUT2D eigenvalue weighted by Crippen LogP contribution is -2.25. The first-order chi connectivity index (χ1) is 13.2. The second-order valence-corrected chi connectivity index (χ2v) is 9.88. The molecule has 0 amide bonds. The quantitative estimate of drug-likeness (QED) is 0.589. The van der Waals surface area contributed by atoms with Crippen molar-refractivity contribution < 1.29 is 21.3 Å². The molecule has 146 valence electrons. The zero-order valence-corrected chi connectivity index (χ0v) is 16.1. The summed E-state index contributed by atoms with van der Waals surface area (Å²) in [6, 6.07) is 12.3. The van der Waals surface area contributed by atoms with Crippen molar-refractivity contribution in [3.8, 4) is 0 Å². The molecule has 3 aromatic rings. The van der Waals surface area contributed by atoms with Crippen LogP contribution in [0.3, 0.4) is 0 Å². The normalized spacial score (nSPS) is 14.9. The Labute approximate surface area is 161 Å². The van der Waals surface area contributed by atoms with E-state index in [1.807, 2.05) is 0 Å². The lowest BCUT2D eigenvalue weighted by molar-refractivity contribution is 0.560. The van der Waals surface area contributed by atoms with Crippen molar-refractivity contribution in [1.29, 1.82) is 0 Å². The first-order valence-electron chi connectivity index (χ1n) is 8.42. The molecule has 2 N–H and O–H groups in total. The molecule has 0 atom stereocenters. The van der Waals surface area contributed by atoms with Gasteiger partial charge in [-0.25, -0.2) is 26.4 Å². The zero-order valence-electron chi connectivity index (χ0n) is 14.5. The first-order valence-corrected chi connectivity index (χ1v) is 11.4. The summed E-state index contributed by atoms with van der Waals surface area (Å²) in [7, 11) is -7.67. The van der Waals surface area contributed by atoms with Gasteiger partial charge in [0, 0.05) is 17.5 Å². The second-order valence-electron chi connectivity index (χ2n) is 6.48. The average molecular weight is 420 g/mol. The molecule has 1 aromatic heterocycles. The minimum absolute atomic E-state index is 0.0140. The molecule has 0 spiro atoms. The molecule has 10 heteroatoms. The Hall–Kier alpha value is -2.69. The largest absolute Gasteiger partial charge is 0.423 e. The van der Waals surface area contributed by atoms with Crippen LogP contribution in [0.4, 0.5) is 5.69 Å². The van der Waals surface area contributed by atoms with E-state index in [0.717, 1.165) is 12.8 Å². The van der Waals surface area contributed by atoms with Crippen LogP contribution >= 0.6 is 0 Å². The van der Waals surface area contributed by atoms with Gasteiger partial charge in [0.25, 0.3) is 10.0 Å². The molecular weight excluding hydrogens is 404 g/mol. The fourth-order valence-electron chi connectivity index (χ4n) is 2.65. The highest BCUT2D eigenvalue weighted by atomic mass is 32.2. The van der Waals surface area contributed by atoms with Gasteiger partial charge in [-0.05, 0) is 55.3 Å². The lowest BCUT2D eigenvalue weighted by Gasteiger charge is -2.11. The number of rotatable bonds is 6. The Bertz CT molecular complexity index is 1330. The molecular formula is C18H16N2O6S2. The molecule has 8 nitrogen and oxygen atoms in total. The third kappa shape index (κ3) is 3.93. The van der Waals surface area contributed by atoms with Crippen LogP contribution in [0.5, 0.6) is 0 Å². The number of sulfonamides is 2. The fourth-order valence-corrected chi connectivity index (χ4v) is 5.08. The lowest BCUT2D eigenvalue weighted by atomic mass is 10.2. The summed E-state index contributed by atoms with van der Waals surface area (Å²) in [6.07, 6.45) is 1.60. The second kappa shape index (κ2) is 6.73. The van der Waals surface area contributed by atoms with Crippen molar-refractivity contribution in [1.82, 2.24) is 4.72 Å². The van der Waals surface area contributed by atoms with Gasteiger partial charge in [0.2, 0.25) is 10.0 Å². The molecule has 0 radical (unpaired) electrons. The van der Waals surface area contributed by atoms with Crippen LogP contribution in [0.1, 0.15) is 12.8 Å². The molecule has 4 rings (SSSR count). The SMILES string of the molecule is O=c1ccc2cc(S(=O)(=O)Nc3cccc(S(=O)(=O)NC4CC4)c3)ccc2o1. The van der Waals surface area contributed by atoms with E-state index in [1.54, 1.807) is 0 Å². The molecule has 28 heavy (non-hydrogen) atoms. The topological polar surface area (TPSA) is 123 Å². The van der Waals surface area contributed by atoms with Crippen molar-refractivity contribution in [2.75, 3.05) is 4.72 Å². The third-order valence-corrected chi connectivity index (χ3v) is 7.09. The molecule has 0 bridgehead atoms. The third-order valence-electron chi connectivity index (χ3n) is 4.20. The number of anilines is 1. The highest BCUT2D eigenvalue weighted by Crippen LogP contribution is 2.25. The van der Waals surface area contributed by atoms with Gasteiger partial charge in [0.15, 0.2) is 0 Å². The van der Waals surface area contributed by atoms with Crippen molar-refractivity contribution in [3.05, 3.63) is 65.0 Å². The van der Waals surface area contributed by atoms with Crippen molar-refractivity contribution >= 4 is 36.7 Å². The summed E-state index contributed by atoms with van der Waals surface area (Å²) in [5, 5.41) is 0.451. The van der Waals surface area contributed by atoms with E-state index in [1.165, 1.54) is 54.6 Å². The van der Waals surface area contributed by atoms with Crippen LogP contribution in [0.25, 0.3) is 11.0 Å². The monoisotopic (exact) mass is 420 g/mol. The van der Waals surface area contributed by atoms with Crippen LogP contribution in [0.2, 0.25) is 0 Å². The first kappa shape index (κ1) is 18.7. The predicted molar refractivity (Wildman–Crippen MR) is 103 cm³/mol. The summed E-state index contributed by atoms with van der Waals surface area (Å²) in [4.78, 5) is 11.2. The van der Waals surface area contributed by atoms with Gasteiger partial charge in [-0.2, -0.15) is 0 Å². The van der Waals surface area contributed by atoms with Gasteiger partial charge >= 0.3 is 5.63 Å². The number of nitrogens with one attached hydrogen (secondary N) is 2. The standard InChI is InChI=1S/C18H16N2O6S2/c21-18-9-4-12-10-16(7-8-17(12)26-18)28(24,25)20-14-2-1-3-15(11-14)27(22,23)19-13-5-6-13/h1-4,7-11,13,19-20H,5-6H2. The van der Waals surface area contributed by atoms with Gasteiger partial charge < -0.3 is 4.42 Å². The molecule has 1 aliphatic carbocycles. The van der Waals surface area contributed by atoms with Crippen molar-refractivity contribution in [2.45, 2.75) is 28.7 Å². The summed E-state index contributed by atoms with van der Waals surface area (Å²) < 4.78 is 59.9. The van der Waals surface area contributed by atoms with Crippen LogP contribution in [0, 0.1) is 0 Å². The van der Waals surface area contributed by atoms with Crippen LogP contribution in [-0.4, -0.2) is 22.9 Å². The maximum absolute atomic E-state index is 12.7. The van der Waals surface area contributed by atoms with Gasteiger partial charge in [0.1, 0.15) is 5.58 Å². The summed E-state index contributed by atoms with van der Waals surface area (Å²) in [5.74, 6) is 0. The van der Waals surface area contributed by atoms with Gasteiger partial charge in [-0.1, -0.05) is 6.07 Å². The summed E-state index contributed by atoms with van der Waals surface area (Å²) in [5.41, 5.74) is -0.136. The minimum Gasteiger partial charge on any atom is -0.423 e. The number of hydrogen-bond acceptors (Lipinski definition) is 6. The Morgan fingerprint density at radius 2 is 1.61 bits per heavy atom. The highest BCUT2D eigenvalue weighted by Gasteiger charge is 2.28. The van der Waals surface area contributed by atoms with E-state index in [9.17, 15) is 21.6 Å². The Morgan fingerprint density at radius 3 is 2.36 bits per heavy atom. The molecule has 1 aliphatic rings. The summed E-state index contributed by atoms with van der Waals surface area (Å²) in [6.45, 7) is 0. The molecule has 1 heterocycles. The van der Waals surface area contributed by atoms with E-state index in [-0.39, 0.29) is 27.1 Å². The maximum atomic E-state index is 12.7. The fraction of sp³-hybridized carbons (Fsp3) is 0.167. The Kier molecular flexibility index (Phi) is 4.48. The number of fused-ring (bicyclic) bond motifs is 1. The van der Waals surface area contributed by atoms with E-state index in [0.29, 0.717) is 5.39 Å². The van der Waals surface area contributed by atoms with Crippen LogP contribution < -0.4 is 15.1 Å². The molecule has 0 saturated heterocycles. The maximum Gasteiger partial charge on any atom is 0.336 e. The number of hydrogen-bond donors (Lipinski definition) is 2. The molecule has 1 saturated carbocycles. The van der Waals surface area contributed by atoms with E-state index in [2.05, 4.69) is 9.44 Å². The zero-order chi connectivity index (χ0) is 19.9. The smallest absolute Gasteiger partial charge is 0.336 e. The van der Waals surface area contributed by atoms with E-state index < -0.39 is 25.7 Å². The van der Waals surface area contributed by atoms with E-state index >= 15 is 0 Å². The van der Waals surface area contributed by atoms with Crippen molar-refractivity contribution in [2.24, 2.45) is 0 Å². The van der Waals surface area contributed by atoms with Gasteiger partial charge in [-0.3, -0.25) is 4.72 Å². The molecule has 0 aliphatic heterocycles. The Morgan fingerprint density at radius 1 is 0.857 bits per heavy atom. The predicted octanol–water partition coefficient (Wildman–Crippen LogP) is 2.03. The molecule has 1 fully saturated rings. The van der Waals surface area contributed by atoms with Gasteiger partial charge in [0.05, 0.1) is 15.5 Å².